The summed E-state index contributed by atoms with van der Waals surface area (Å²) in [6, 6.07) is 3.70. The normalized spacial score (nSPS) is 19.3. The Labute approximate surface area is 115 Å². The van der Waals surface area contributed by atoms with Crippen molar-refractivity contribution < 1.29 is 4.79 Å². The number of hydrogen-bond acceptors (Lipinski definition) is 3. The van der Waals surface area contributed by atoms with E-state index in [-0.39, 0.29) is 5.91 Å². The largest absolute Gasteiger partial charge is 0.369 e. The first-order valence-electron chi connectivity index (χ1n) is 7.20. The molecule has 1 aromatic rings. The topological polar surface area (TPSA) is 45.2 Å². The summed E-state index contributed by atoms with van der Waals surface area (Å²) in [6.07, 6.45) is 5.07. The van der Waals surface area contributed by atoms with E-state index in [2.05, 4.69) is 24.1 Å². The molecular formula is C15H23N3O. The zero-order valence-corrected chi connectivity index (χ0v) is 11.9. The summed E-state index contributed by atoms with van der Waals surface area (Å²) < 4.78 is 0. The number of carbonyl (C=O) groups is 1. The number of nitrogens with zero attached hydrogens (tertiary/aromatic N) is 2. The molecule has 0 radical (unpaired) electrons. The third-order valence-corrected chi connectivity index (χ3v) is 3.52. The molecule has 104 valence electrons. The quantitative estimate of drug-likeness (QED) is 0.906. The Balaban J connectivity index is 2.13. The van der Waals surface area contributed by atoms with E-state index in [1.165, 1.54) is 6.42 Å². The second kappa shape index (κ2) is 6.55. The molecule has 1 fully saturated rings. The summed E-state index contributed by atoms with van der Waals surface area (Å²) in [7, 11) is 0. The second-order valence-electron chi connectivity index (χ2n) is 5.32. The highest BCUT2D eigenvalue weighted by Gasteiger charge is 2.23. The van der Waals surface area contributed by atoms with Crippen molar-refractivity contribution >= 4 is 11.7 Å². The van der Waals surface area contributed by atoms with Crippen molar-refractivity contribution in [3.05, 3.63) is 23.9 Å². The maximum absolute atomic E-state index is 12.6. The van der Waals surface area contributed by atoms with Gasteiger partial charge in [0.25, 0.3) is 5.91 Å². The highest BCUT2D eigenvalue weighted by atomic mass is 16.2. The number of likely N-dealkylation sites (tertiary alicyclic amines) is 1. The Morgan fingerprint density at radius 3 is 3.16 bits per heavy atom. The Morgan fingerprint density at radius 1 is 1.58 bits per heavy atom. The maximum Gasteiger partial charge on any atom is 0.257 e. The van der Waals surface area contributed by atoms with Crippen LogP contribution in [0.25, 0.3) is 0 Å². The summed E-state index contributed by atoms with van der Waals surface area (Å²) >= 11 is 0. The molecule has 1 amide bonds. The minimum Gasteiger partial charge on any atom is -0.369 e. The molecule has 1 N–H and O–H groups in total. The first-order chi connectivity index (χ1) is 9.22. The zero-order chi connectivity index (χ0) is 13.7. The molecule has 2 rings (SSSR count). The average molecular weight is 261 g/mol. The van der Waals surface area contributed by atoms with Gasteiger partial charge in [-0.3, -0.25) is 4.79 Å². The number of carbonyl (C=O) groups excluding carboxylic acids is 1. The molecule has 0 saturated carbocycles. The number of hydrogen-bond donors (Lipinski definition) is 1. The van der Waals surface area contributed by atoms with Crippen molar-refractivity contribution in [1.82, 2.24) is 9.88 Å². The second-order valence-corrected chi connectivity index (χ2v) is 5.32. The molecule has 0 aromatic carbocycles. The number of aromatic nitrogens is 1. The van der Waals surface area contributed by atoms with Crippen molar-refractivity contribution in [3.8, 4) is 0 Å². The van der Waals surface area contributed by atoms with Crippen molar-refractivity contribution in [2.24, 2.45) is 5.92 Å². The zero-order valence-electron chi connectivity index (χ0n) is 11.9. The lowest BCUT2D eigenvalue weighted by molar-refractivity contribution is 0.0683. The minimum atomic E-state index is 0.109. The number of anilines is 1. The Hall–Kier alpha value is -1.58. The number of amides is 1. The van der Waals surface area contributed by atoms with E-state index >= 15 is 0 Å². The van der Waals surface area contributed by atoms with Gasteiger partial charge in [0.15, 0.2) is 0 Å². The van der Waals surface area contributed by atoms with Gasteiger partial charge >= 0.3 is 0 Å². The van der Waals surface area contributed by atoms with Crippen LogP contribution >= 0.6 is 0 Å². The standard InChI is InChI=1S/C15H23N3O/c1-3-8-16-14-13(7-4-9-17-14)15(19)18-10-5-6-12(2)11-18/h4,7,9,12H,3,5-6,8,10-11H2,1-2H3,(H,16,17). The molecule has 1 saturated heterocycles. The van der Waals surface area contributed by atoms with Crippen LogP contribution in [0.4, 0.5) is 5.82 Å². The van der Waals surface area contributed by atoms with E-state index in [1.807, 2.05) is 17.0 Å². The predicted molar refractivity (Wildman–Crippen MR) is 77.3 cm³/mol. The number of rotatable bonds is 4. The Kier molecular flexibility index (Phi) is 4.77. The molecule has 4 heteroatoms. The smallest absolute Gasteiger partial charge is 0.257 e. The first kappa shape index (κ1) is 13.8. The molecule has 0 spiro atoms. The summed E-state index contributed by atoms with van der Waals surface area (Å²) in [4.78, 5) is 18.8. The molecule has 1 atom stereocenters. The lowest BCUT2D eigenvalue weighted by Gasteiger charge is -2.31. The molecule has 0 bridgehead atoms. The molecule has 0 aliphatic carbocycles. The van der Waals surface area contributed by atoms with Gasteiger partial charge in [0, 0.05) is 25.8 Å². The third-order valence-electron chi connectivity index (χ3n) is 3.52. The molecule has 1 unspecified atom stereocenters. The van der Waals surface area contributed by atoms with Crippen molar-refractivity contribution in [3.63, 3.8) is 0 Å². The van der Waals surface area contributed by atoms with Crippen LogP contribution in [0.2, 0.25) is 0 Å². The molecular weight excluding hydrogens is 238 g/mol. The monoisotopic (exact) mass is 261 g/mol. The molecule has 1 aliphatic heterocycles. The molecule has 2 heterocycles. The van der Waals surface area contributed by atoms with Gasteiger partial charge in [-0.15, -0.1) is 0 Å². The van der Waals surface area contributed by atoms with Gasteiger partial charge in [-0.2, -0.15) is 0 Å². The molecule has 4 nitrogen and oxygen atoms in total. The van der Waals surface area contributed by atoms with Gasteiger partial charge < -0.3 is 10.2 Å². The van der Waals surface area contributed by atoms with Gasteiger partial charge in [0.1, 0.15) is 5.82 Å². The minimum absolute atomic E-state index is 0.109. The summed E-state index contributed by atoms with van der Waals surface area (Å²) in [5.74, 6) is 1.42. The Bertz CT molecular complexity index is 433. The highest BCUT2D eigenvalue weighted by molar-refractivity contribution is 5.98. The number of piperidine rings is 1. The van der Waals surface area contributed by atoms with Gasteiger partial charge in [-0.05, 0) is 37.3 Å². The molecule has 1 aromatic heterocycles. The Morgan fingerprint density at radius 2 is 2.42 bits per heavy atom. The van der Waals surface area contributed by atoms with Gasteiger partial charge in [-0.1, -0.05) is 13.8 Å². The first-order valence-corrected chi connectivity index (χ1v) is 7.20. The maximum atomic E-state index is 12.6. The summed E-state index contributed by atoms with van der Waals surface area (Å²) in [6.45, 7) is 6.88. The fourth-order valence-electron chi connectivity index (χ4n) is 2.51. The van der Waals surface area contributed by atoms with Crippen LogP contribution in [0.5, 0.6) is 0 Å². The van der Waals surface area contributed by atoms with E-state index in [0.717, 1.165) is 32.5 Å². The highest BCUT2D eigenvalue weighted by Crippen LogP contribution is 2.20. The van der Waals surface area contributed by atoms with Crippen LogP contribution in [-0.2, 0) is 0 Å². The van der Waals surface area contributed by atoms with Crippen LogP contribution in [0.1, 0.15) is 43.5 Å². The van der Waals surface area contributed by atoms with E-state index in [9.17, 15) is 4.79 Å². The summed E-state index contributed by atoms with van der Waals surface area (Å²) in [5, 5.41) is 3.24. The van der Waals surface area contributed by atoms with Gasteiger partial charge in [0.2, 0.25) is 0 Å². The van der Waals surface area contributed by atoms with Crippen molar-refractivity contribution in [1.29, 1.82) is 0 Å². The summed E-state index contributed by atoms with van der Waals surface area (Å²) in [5.41, 5.74) is 0.699. The van der Waals surface area contributed by atoms with E-state index in [1.54, 1.807) is 6.20 Å². The predicted octanol–water partition coefficient (Wildman–Crippen LogP) is 2.78. The number of pyridine rings is 1. The number of nitrogens with one attached hydrogen (secondary N) is 1. The van der Waals surface area contributed by atoms with Crippen molar-refractivity contribution in [2.45, 2.75) is 33.1 Å². The lowest BCUT2D eigenvalue weighted by atomic mass is 9.99. The fourth-order valence-corrected chi connectivity index (χ4v) is 2.51. The van der Waals surface area contributed by atoms with Gasteiger partial charge in [-0.25, -0.2) is 4.98 Å². The van der Waals surface area contributed by atoms with Crippen LogP contribution in [-0.4, -0.2) is 35.4 Å². The van der Waals surface area contributed by atoms with Crippen LogP contribution in [0.15, 0.2) is 18.3 Å². The third kappa shape index (κ3) is 3.46. The van der Waals surface area contributed by atoms with E-state index in [0.29, 0.717) is 17.3 Å². The van der Waals surface area contributed by atoms with E-state index < -0.39 is 0 Å². The van der Waals surface area contributed by atoms with Crippen molar-refractivity contribution in [2.75, 3.05) is 25.0 Å². The van der Waals surface area contributed by atoms with Gasteiger partial charge in [0.05, 0.1) is 5.56 Å². The lowest BCUT2D eigenvalue weighted by Crippen LogP contribution is -2.39. The molecule has 1 aliphatic rings. The fraction of sp³-hybridized carbons (Fsp3) is 0.600. The van der Waals surface area contributed by atoms with Crippen LogP contribution in [0.3, 0.4) is 0 Å². The average Bonchev–Trinajstić information content (AvgIpc) is 2.44. The van der Waals surface area contributed by atoms with Crippen LogP contribution in [0, 0.1) is 5.92 Å². The van der Waals surface area contributed by atoms with E-state index in [4.69, 9.17) is 0 Å². The molecule has 19 heavy (non-hydrogen) atoms. The van der Waals surface area contributed by atoms with Crippen LogP contribution < -0.4 is 5.32 Å². The SMILES string of the molecule is CCCNc1ncccc1C(=O)N1CCCC(C)C1.